The second kappa shape index (κ2) is 11.7. The van der Waals surface area contributed by atoms with Gasteiger partial charge < -0.3 is 4.57 Å². The fourth-order valence-electron chi connectivity index (χ4n) is 9.45. The molecule has 1 heteroatoms. The molecule has 0 radical (unpaired) electrons. The summed E-state index contributed by atoms with van der Waals surface area (Å²) in [7, 11) is 0. The van der Waals surface area contributed by atoms with E-state index in [1.54, 1.807) is 0 Å². The average molecular weight is 688 g/mol. The smallest absolute Gasteiger partial charge is 0.0541 e. The van der Waals surface area contributed by atoms with Crippen LogP contribution in [0.5, 0.6) is 0 Å². The molecule has 0 unspecified atom stereocenters. The van der Waals surface area contributed by atoms with Gasteiger partial charge in [0.1, 0.15) is 0 Å². The van der Waals surface area contributed by atoms with Gasteiger partial charge in [0.05, 0.1) is 11.0 Å². The van der Waals surface area contributed by atoms with Gasteiger partial charge in [0.15, 0.2) is 0 Å². The third-order valence-corrected chi connectivity index (χ3v) is 12.0. The molecule has 11 rings (SSSR count). The Bertz CT molecular complexity index is 3110. The molecule has 0 N–H and O–H groups in total. The Morgan fingerprint density at radius 1 is 0.333 bits per heavy atom. The Kier molecular flexibility index (Phi) is 6.66. The van der Waals surface area contributed by atoms with Gasteiger partial charge in [0, 0.05) is 21.9 Å². The van der Waals surface area contributed by atoms with Crippen molar-refractivity contribution in [1.82, 2.24) is 4.57 Å². The Hall–Kier alpha value is -6.70. The van der Waals surface area contributed by atoms with Crippen LogP contribution >= 0.6 is 0 Å². The van der Waals surface area contributed by atoms with E-state index in [0.29, 0.717) is 0 Å². The molecule has 1 aliphatic rings. The number of aromatic nitrogens is 1. The topological polar surface area (TPSA) is 4.93 Å². The van der Waals surface area contributed by atoms with Gasteiger partial charge in [-0.15, -0.1) is 0 Å². The van der Waals surface area contributed by atoms with Crippen LogP contribution in [0.25, 0.3) is 93.5 Å². The fourth-order valence-corrected chi connectivity index (χ4v) is 9.45. The van der Waals surface area contributed by atoms with Crippen molar-refractivity contribution in [2.24, 2.45) is 0 Å². The molecule has 0 saturated carbocycles. The molecular weight excluding hydrogens is 651 g/mol. The van der Waals surface area contributed by atoms with Gasteiger partial charge in [-0.1, -0.05) is 166 Å². The molecule has 9 aromatic carbocycles. The number of rotatable bonds is 4. The van der Waals surface area contributed by atoms with Crippen molar-refractivity contribution >= 4 is 43.4 Å². The summed E-state index contributed by atoms with van der Waals surface area (Å²) in [6, 6.07) is 69.6. The van der Waals surface area contributed by atoms with E-state index in [-0.39, 0.29) is 5.41 Å². The highest BCUT2D eigenvalue weighted by atomic mass is 15.0. The van der Waals surface area contributed by atoms with Gasteiger partial charge in [-0.3, -0.25) is 0 Å². The predicted octanol–water partition coefficient (Wildman–Crippen LogP) is 14.4. The summed E-state index contributed by atoms with van der Waals surface area (Å²) in [4.78, 5) is 0. The van der Waals surface area contributed by atoms with Crippen molar-refractivity contribution in [2.45, 2.75) is 19.3 Å². The maximum atomic E-state index is 2.46. The molecule has 0 spiro atoms. The molecule has 1 heterocycles. The lowest BCUT2D eigenvalue weighted by Crippen LogP contribution is -2.15. The predicted molar refractivity (Wildman–Crippen MR) is 230 cm³/mol. The van der Waals surface area contributed by atoms with E-state index in [2.05, 4.69) is 206 Å². The molecule has 0 saturated heterocycles. The minimum atomic E-state index is -0.0613. The highest BCUT2D eigenvalue weighted by Gasteiger charge is 2.35. The monoisotopic (exact) mass is 687 g/mol. The van der Waals surface area contributed by atoms with Crippen LogP contribution in [0.2, 0.25) is 0 Å². The van der Waals surface area contributed by atoms with E-state index in [4.69, 9.17) is 0 Å². The molecule has 10 aromatic rings. The lowest BCUT2D eigenvalue weighted by atomic mass is 9.82. The Balaban J connectivity index is 1.13. The molecule has 1 nitrogen and oxygen atoms in total. The second-order valence-electron chi connectivity index (χ2n) is 15.3. The van der Waals surface area contributed by atoms with E-state index >= 15 is 0 Å². The number of fused-ring (bicyclic) bond motifs is 8. The number of hydrogen-bond acceptors (Lipinski definition) is 0. The summed E-state index contributed by atoms with van der Waals surface area (Å²) in [6.07, 6.45) is 0. The largest absolute Gasteiger partial charge is 0.309 e. The minimum absolute atomic E-state index is 0.0613. The van der Waals surface area contributed by atoms with Gasteiger partial charge in [-0.05, 0) is 114 Å². The first-order valence-electron chi connectivity index (χ1n) is 18.9. The lowest BCUT2D eigenvalue weighted by Gasteiger charge is -2.22. The van der Waals surface area contributed by atoms with E-state index in [9.17, 15) is 0 Å². The van der Waals surface area contributed by atoms with Crippen LogP contribution < -0.4 is 0 Å². The van der Waals surface area contributed by atoms with Gasteiger partial charge in [-0.2, -0.15) is 0 Å². The zero-order valence-electron chi connectivity index (χ0n) is 30.3. The highest BCUT2D eigenvalue weighted by molar-refractivity contribution is 6.22. The maximum Gasteiger partial charge on any atom is 0.0541 e. The third kappa shape index (κ3) is 4.45. The normalized spacial score (nSPS) is 13.1. The molecule has 1 aromatic heterocycles. The van der Waals surface area contributed by atoms with Crippen LogP contribution in [0.4, 0.5) is 0 Å². The molecule has 54 heavy (non-hydrogen) atoms. The molecule has 254 valence electrons. The van der Waals surface area contributed by atoms with E-state index < -0.39 is 0 Å². The maximum absolute atomic E-state index is 2.46. The van der Waals surface area contributed by atoms with Crippen molar-refractivity contribution in [3.05, 3.63) is 199 Å². The number of para-hydroxylation sites is 1. The second-order valence-corrected chi connectivity index (χ2v) is 15.3. The summed E-state index contributed by atoms with van der Waals surface area (Å²) < 4.78 is 2.46. The number of benzene rings is 9. The zero-order valence-corrected chi connectivity index (χ0v) is 30.3. The van der Waals surface area contributed by atoms with Crippen LogP contribution in [0.3, 0.4) is 0 Å². The summed E-state index contributed by atoms with van der Waals surface area (Å²) in [6.45, 7) is 4.72. The van der Waals surface area contributed by atoms with Gasteiger partial charge in [0.2, 0.25) is 0 Å². The van der Waals surface area contributed by atoms with Crippen LogP contribution in [-0.4, -0.2) is 4.57 Å². The Morgan fingerprint density at radius 2 is 0.852 bits per heavy atom. The third-order valence-electron chi connectivity index (χ3n) is 12.0. The number of nitrogens with zero attached hydrogens (tertiary/aromatic N) is 1. The molecule has 0 aliphatic heterocycles. The average Bonchev–Trinajstić information content (AvgIpc) is 3.68. The zero-order chi connectivity index (χ0) is 36.0. The molecule has 0 fully saturated rings. The van der Waals surface area contributed by atoms with Crippen LogP contribution in [0.1, 0.15) is 25.0 Å². The fraction of sp³-hybridized carbons (Fsp3) is 0.0566. The SMILES string of the molecule is CC1(C)c2ccccc2-c2ccc(-n3c4ccccc4c4cc(-c5ccc6c(-c7ccccc7)c7ccccc7c(-c7ccccc7)c6c5)ccc43)cc21. The van der Waals surface area contributed by atoms with E-state index in [1.807, 2.05) is 0 Å². The molecule has 0 bridgehead atoms. The van der Waals surface area contributed by atoms with Crippen molar-refractivity contribution in [3.8, 4) is 50.2 Å². The molecule has 1 aliphatic carbocycles. The standard InChI is InChI=1S/C53H37N/c1-53(2)47-23-13-11-19-39(47)40-29-27-38(33-48(40)53)54-49-24-14-12-20-41(49)45-31-37(26-30-50(45)54)36-25-28-44-46(32-36)52(35-17-7-4-8-18-35)43-22-10-9-21-42(43)51(44)34-15-5-3-6-16-34/h3-33H,1-2H3. The van der Waals surface area contributed by atoms with Crippen LogP contribution in [0, 0.1) is 0 Å². The van der Waals surface area contributed by atoms with Crippen molar-refractivity contribution in [1.29, 1.82) is 0 Å². The molecule has 0 atom stereocenters. The Morgan fingerprint density at radius 3 is 1.57 bits per heavy atom. The molecule has 0 amide bonds. The summed E-state index contributed by atoms with van der Waals surface area (Å²) in [5.41, 5.74) is 16.5. The van der Waals surface area contributed by atoms with Gasteiger partial charge >= 0.3 is 0 Å². The van der Waals surface area contributed by atoms with Crippen molar-refractivity contribution in [2.75, 3.05) is 0 Å². The van der Waals surface area contributed by atoms with Gasteiger partial charge in [0.25, 0.3) is 0 Å². The Labute approximate surface area is 315 Å². The van der Waals surface area contributed by atoms with Gasteiger partial charge in [-0.25, -0.2) is 0 Å². The molecular formula is C53H37N. The summed E-state index contributed by atoms with van der Waals surface area (Å²) in [5, 5.41) is 7.60. The van der Waals surface area contributed by atoms with Crippen molar-refractivity contribution < 1.29 is 0 Å². The first-order chi connectivity index (χ1) is 26.6. The number of hydrogen-bond donors (Lipinski definition) is 0. The lowest BCUT2D eigenvalue weighted by molar-refractivity contribution is 0.660. The van der Waals surface area contributed by atoms with E-state index in [0.717, 1.165) is 0 Å². The quantitative estimate of drug-likeness (QED) is 0.162. The first kappa shape index (κ1) is 30.9. The first-order valence-corrected chi connectivity index (χ1v) is 18.9. The van der Waals surface area contributed by atoms with Crippen LogP contribution in [0.15, 0.2) is 188 Å². The van der Waals surface area contributed by atoms with Crippen molar-refractivity contribution in [3.63, 3.8) is 0 Å². The van der Waals surface area contributed by atoms with E-state index in [1.165, 1.54) is 105 Å². The minimum Gasteiger partial charge on any atom is -0.309 e. The summed E-state index contributed by atoms with van der Waals surface area (Å²) in [5.74, 6) is 0. The summed E-state index contributed by atoms with van der Waals surface area (Å²) >= 11 is 0. The van der Waals surface area contributed by atoms with Crippen LogP contribution in [-0.2, 0) is 5.41 Å². The highest BCUT2D eigenvalue weighted by Crippen LogP contribution is 2.50.